The highest BCUT2D eigenvalue weighted by atomic mass is 19.1. The smallest absolute Gasteiger partial charge is 0.0935 e. The minimum atomic E-state index is -0.207. The van der Waals surface area contributed by atoms with Crippen molar-refractivity contribution in [1.29, 1.82) is 0 Å². The minimum absolute atomic E-state index is 0.199. The van der Waals surface area contributed by atoms with Gasteiger partial charge >= 0.3 is 0 Å². The summed E-state index contributed by atoms with van der Waals surface area (Å²) in [7, 11) is 2.05. The highest BCUT2D eigenvalue weighted by molar-refractivity contribution is 5.15. The van der Waals surface area contributed by atoms with Gasteiger partial charge in [-0.1, -0.05) is 6.07 Å². The molecule has 14 heavy (non-hydrogen) atoms. The molecular weight excluding hydrogens is 179 g/mol. The molecule has 1 aromatic rings. The Morgan fingerprint density at radius 2 is 2.50 bits per heavy atom. The SMILES string of the molecule is CN1C[C@@H](CF)C[C@H]1c1cccnc1. The minimum Gasteiger partial charge on any atom is -0.299 e. The first-order valence-corrected chi connectivity index (χ1v) is 4.97. The van der Waals surface area contributed by atoms with Crippen molar-refractivity contribution in [1.82, 2.24) is 9.88 Å². The maximum atomic E-state index is 12.5. The highest BCUT2D eigenvalue weighted by Crippen LogP contribution is 2.33. The highest BCUT2D eigenvalue weighted by Gasteiger charge is 2.30. The number of rotatable bonds is 2. The van der Waals surface area contributed by atoms with E-state index in [1.165, 1.54) is 5.56 Å². The molecule has 0 aromatic carbocycles. The second-order valence-electron chi connectivity index (χ2n) is 4.00. The van der Waals surface area contributed by atoms with E-state index in [1.54, 1.807) is 6.20 Å². The molecule has 1 aliphatic heterocycles. The third-order valence-corrected chi connectivity index (χ3v) is 2.92. The molecule has 2 rings (SSSR count). The molecule has 0 aliphatic carbocycles. The van der Waals surface area contributed by atoms with Gasteiger partial charge in [0.2, 0.25) is 0 Å². The lowest BCUT2D eigenvalue weighted by molar-refractivity contribution is 0.305. The Bertz CT molecular complexity index is 289. The topological polar surface area (TPSA) is 16.1 Å². The normalized spacial score (nSPS) is 28.1. The third-order valence-electron chi connectivity index (χ3n) is 2.92. The fourth-order valence-corrected chi connectivity index (χ4v) is 2.18. The number of pyridine rings is 1. The van der Waals surface area contributed by atoms with Crippen molar-refractivity contribution in [3.8, 4) is 0 Å². The van der Waals surface area contributed by atoms with Crippen LogP contribution >= 0.6 is 0 Å². The van der Waals surface area contributed by atoms with Gasteiger partial charge in [-0.2, -0.15) is 0 Å². The summed E-state index contributed by atoms with van der Waals surface area (Å²) >= 11 is 0. The molecule has 2 nitrogen and oxygen atoms in total. The molecule has 0 saturated carbocycles. The Balaban J connectivity index is 2.13. The van der Waals surface area contributed by atoms with Gasteiger partial charge in [-0.15, -0.1) is 0 Å². The van der Waals surface area contributed by atoms with E-state index in [9.17, 15) is 4.39 Å². The van der Waals surface area contributed by atoms with Crippen LogP contribution in [-0.4, -0.2) is 30.2 Å². The number of alkyl halides is 1. The monoisotopic (exact) mass is 194 g/mol. The van der Waals surface area contributed by atoms with Gasteiger partial charge in [0.1, 0.15) is 0 Å². The Morgan fingerprint density at radius 3 is 3.07 bits per heavy atom. The molecule has 2 heterocycles. The van der Waals surface area contributed by atoms with E-state index >= 15 is 0 Å². The molecule has 0 radical (unpaired) electrons. The molecule has 76 valence electrons. The number of aromatic nitrogens is 1. The van der Waals surface area contributed by atoms with Crippen molar-refractivity contribution >= 4 is 0 Å². The standard InChI is InChI=1S/C11H15FN2/c1-14-8-9(6-12)5-11(14)10-3-2-4-13-7-10/h2-4,7,9,11H,5-6,8H2,1H3/t9-,11+/m1/s1. The summed E-state index contributed by atoms with van der Waals surface area (Å²) in [6, 6.07) is 4.35. The van der Waals surface area contributed by atoms with Gasteiger partial charge in [0.25, 0.3) is 0 Å². The maximum absolute atomic E-state index is 12.5. The summed E-state index contributed by atoms with van der Waals surface area (Å²) in [5.74, 6) is 0.199. The van der Waals surface area contributed by atoms with E-state index in [0.29, 0.717) is 6.04 Å². The van der Waals surface area contributed by atoms with E-state index in [-0.39, 0.29) is 12.6 Å². The van der Waals surface area contributed by atoms with E-state index in [4.69, 9.17) is 0 Å². The van der Waals surface area contributed by atoms with Crippen molar-refractivity contribution in [3.05, 3.63) is 30.1 Å². The van der Waals surface area contributed by atoms with E-state index in [0.717, 1.165) is 13.0 Å². The molecule has 1 aliphatic rings. The van der Waals surface area contributed by atoms with Gasteiger partial charge in [0, 0.05) is 30.9 Å². The Kier molecular flexibility index (Phi) is 2.77. The van der Waals surface area contributed by atoms with Crippen LogP contribution in [0.4, 0.5) is 4.39 Å². The molecule has 3 heteroatoms. The van der Waals surface area contributed by atoms with E-state index < -0.39 is 0 Å². The molecule has 1 fully saturated rings. The molecule has 0 N–H and O–H groups in total. The first-order valence-electron chi connectivity index (χ1n) is 4.97. The zero-order valence-corrected chi connectivity index (χ0v) is 8.36. The largest absolute Gasteiger partial charge is 0.299 e. The van der Waals surface area contributed by atoms with Crippen LogP contribution in [-0.2, 0) is 0 Å². The van der Waals surface area contributed by atoms with Crippen molar-refractivity contribution in [2.45, 2.75) is 12.5 Å². The lowest BCUT2D eigenvalue weighted by Gasteiger charge is -2.18. The lowest BCUT2D eigenvalue weighted by atomic mass is 10.0. The average Bonchev–Trinajstić information content (AvgIpc) is 2.61. The summed E-state index contributed by atoms with van der Waals surface area (Å²) in [6.07, 6.45) is 4.56. The maximum Gasteiger partial charge on any atom is 0.0935 e. The molecule has 0 unspecified atom stereocenters. The zero-order chi connectivity index (χ0) is 9.97. The fraction of sp³-hybridized carbons (Fsp3) is 0.545. The van der Waals surface area contributed by atoms with Crippen LogP contribution in [0.2, 0.25) is 0 Å². The summed E-state index contributed by atoms with van der Waals surface area (Å²) < 4.78 is 12.5. The van der Waals surface area contributed by atoms with Gasteiger partial charge in [-0.05, 0) is 25.1 Å². The molecule has 2 atom stereocenters. The van der Waals surface area contributed by atoms with Crippen molar-refractivity contribution in [2.75, 3.05) is 20.3 Å². The molecule has 1 aromatic heterocycles. The summed E-state index contributed by atoms with van der Waals surface area (Å²) in [5, 5.41) is 0. The van der Waals surface area contributed by atoms with Crippen LogP contribution in [0.1, 0.15) is 18.0 Å². The van der Waals surface area contributed by atoms with Crippen LogP contribution in [0.3, 0.4) is 0 Å². The van der Waals surface area contributed by atoms with Crippen LogP contribution in [0.25, 0.3) is 0 Å². The van der Waals surface area contributed by atoms with Crippen LogP contribution in [0.5, 0.6) is 0 Å². The van der Waals surface area contributed by atoms with Crippen LogP contribution in [0.15, 0.2) is 24.5 Å². The van der Waals surface area contributed by atoms with Crippen LogP contribution < -0.4 is 0 Å². The first kappa shape index (κ1) is 9.59. The predicted octanol–water partition coefficient (Wildman–Crippen LogP) is 2.04. The molecule has 0 amide bonds. The molecule has 0 spiro atoms. The second-order valence-corrected chi connectivity index (χ2v) is 4.00. The van der Waals surface area contributed by atoms with Crippen molar-refractivity contribution < 1.29 is 4.39 Å². The Morgan fingerprint density at radius 1 is 1.64 bits per heavy atom. The van der Waals surface area contributed by atoms with E-state index in [2.05, 4.69) is 16.0 Å². The second kappa shape index (κ2) is 4.05. The van der Waals surface area contributed by atoms with Gasteiger partial charge < -0.3 is 0 Å². The molecule has 0 bridgehead atoms. The molecular formula is C11H15FN2. The van der Waals surface area contributed by atoms with Gasteiger partial charge in [-0.3, -0.25) is 14.3 Å². The van der Waals surface area contributed by atoms with Crippen molar-refractivity contribution in [2.24, 2.45) is 5.92 Å². The molecule has 1 saturated heterocycles. The fourth-order valence-electron chi connectivity index (χ4n) is 2.18. The van der Waals surface area contributed by atoms with E-state index in [1.807, 2.05) is 19.3 Å². The van der Waals surface area contributed by atoms with Crippen molar-refractivity contribution in [3.63, 3.8) is 0 Å². The summed E-state index contributed by atoms with van der Waals surface area (Å²) in [4.78, 5) is 6.30. The Labute approximate surface area is 83.8 Å². The summed E-state index contributed by atoms with van der Waals surface area (Å²) in [5.41, 5.74) is 1.20. The number of hydrogen-bond donors (Lipinski definition) is 0. The number of nitrogens with zero attached hydrogens (tertiary/aromatic N) is 2. The van der Waals surface area contributed by atoms with Gasteiger partial charge in [0.05, 0.1) is 6.67 Å². The number of halogens is 1. The zero-order valence-electron chi connectivity index (χ0n) is 8.36. The quantitative estimate of drug-likeness (QED) is 0.716. The van der Waals surface area contributed by atoms with Crippen LogP contribution in [0, 0.1) is 5.92 Å². The third kappa shape index (κ3) is 1.77. The summed E-state index contributed by atoms with van der Waals surface area (Å²) in [6.45, 7) is 0.650. The number of hydrogen-bond acceptors (Lipinski definition) is 2. The lowest BCUT2D eigenvalue weighted by Crippen LogP contribution is -2.18. The van der Waals surface area contributed by atoms with Gasteiger partial charge in [0.15, 0.2) is 0 Å². The average molecular weight is 194 g/mol. The number of likely N-dealkylation sites (tertiary alicyclic amines) is 1. The Hall–Kier alpha value is -0.960. The van der Waals surface area contributed by atoms with Gasteiger partial charge in [-0.25, -0.2) is 0 Å². The predicted molar refractivity (Wildman–Crippen MR) is 53.7 cm³/mol. The first-order chi connectivity index (χ1) is 6.81.